The van der Waals surface area contributed by atoms with Crippen LogP contribution in [0.1, 0.15) is 11.1 Å². The summed E-state index contributed by atoms with van der Waals surface area (Å²) in [6.07, 6.45) is 5.55. The summed E-state index contributed by atoms with van der Waals surface area (Å²) >= 11 is 12.1. The number of nitrogens with one attached hydrogen (secondary N) is 1. The van der Waals surface area contributed by atoms with Crippen LogP contribution in [0.3, 0.4) is 0 Å². The van der Waals surface area contributed by atoms with E-state index in [0.717, 1.165) is 17.8 Å². The summed E-state index contributed by atoms with van der Waals surface area (Å²) in [7, 11) is 0. The lowest BCUT2D eigenvalue weighted by Gasteiger charge is -2.10. The molecule has 0 atom stereocenters. The van der Waals surface area contributed by atoms with E-state index in [9.17, 15) is 0 Å². The molecule has 0 amide bonds. The molecule has 0 aliphatic heterocycles. The molecule has 3 rings (SSSR count). The first-order valence-corrected chi connectivity index (χ1v) is 7.69. The molecule has 3 aromatic rings. The SMILES string of the molecule is Clc1ccc(CNc2cccc(Cn3ccnc3)c2)c(Cl)c1. The molecule has 0 aliphatic carbocycles. The average Bonchev–Trinajstić information content (AvgIpc) is 3.00. The van der Waals surface area contributed by atoms with Crippen molar-refractivity contribution in [3.63, 3.8) is 0 Å². The summed E-state index contributed by atoms with van der Waals surface area (Å²) in [6.45, 7) is 1.46. The molecule has 0 unspecified atom stereocenters. The fourth-order valence-corrected chi connectivity index (χ4v) is 2.71. The zero-order valence-electron chi connectivity index (χ0n) is 11.8. The standard InChI is InChI=1S/C17H15Cl2N3/c18-15-5-4-14(17(19)9-15)10-21-16-3-1-2-13(8-16)11-22-7-6-20-12-22/h1-9,12,21H,10-11H2. The van der Waals surface area contributed by atoms with Crippen LogP contribution in [-0.4, -0.2) is 9.55 Å². The summed E-state index contributed by atoms with van der Waals surface area (Å²) in [6, 6.07) is 13.9. The highest BCUT2D eigenvalue weighted by molar-refractivity contribution is 6.35. The van der Waals surface area contributed by atoms with Gasteiger partial charge in [0, 0.05) is 41.2 Å². The van der Waals surface area contributed by atoms with Crippen LogP contribution >= 0.6 is 23.2 Å². The molecule has 5 heteroatoms. The lowest BCUT2D eigenvalue weighted by atomic mass is 10.2. The van der Waals surface area contributed by atoms with Crippen molar-refractivity contribution in [3.05, 3.63) is 82.4 Å². The molecule has 22 heavy (non-hydrogen) atoms. The smallest absolute Gasteiger partial charge is 0.0949 e. The molecule has 0 spiro atoms. The van der Waals surface area contributed by atoms with E-state index < -0.39 is 0 Å². The number of hydrogen-bond acceptors (Lipinski definition) is 2. The highest BCUT2D eigenvalue weighted by Crippen LogP contribution is 2.22. The van der Waals surface area contributed by atoms with Crippen LogP contribution in [0.5, 0.6) is 0 Å². The number of benzene rings is 2. The molecular weight excluding hydrogens is 317 g/mol. The maximum absolute atomic E-state index is 6.19. The normalized spacial score (nSPS) is 10.6. The Bertz CT molecular complexity index is 754. The van der Waals surface area contributed by atoms with Crippen molar-refractivity contribution in [2.24, 2.45) is 0 Å². The van der Waals surface area contributed by atoms with E-state index in [1.54, 1.807) is 12.3 Å². The van der Waals surface area contributed by atoms with Gasteiger partial charge in [0.05, 0.1) is 6.33 Å². The second kappa shape index (κ2) is 6.86. The van der Waals surface area contributed by atoms with Crippen LogP contribution in [0.2, 0.25) is 10.0 Å². The summed E-state index contributed by atoms with van der Waals surface area (Å²) in [4.78, 5) is 4.06. The molecule has 0 aliphatic rings. The van der Waals surface area contributed by atoms with Crippen LogP contribution in [0, 0.1) is 0 Å². The van der Waals surface area contributed by atoms with Gasteiger partial charge >= 0.3 is 0 Å². The first kappa shape index (κ1) is 14.9. The minimum absolute atomic E-state index is 0.649. The number of nitrogens with zero attached hydrogens (tertiary/aromatic N) is 2. The van der Waals surface area contributed by atoms with E-state index in [2.05, 4.69) is 22.4 Å². The lowest BCUT2D eigenvalue weighted by Crippen LogP contribution is -2.02. The van der Waals surface area contributed by atoms with Gasteiger partial charge in [0.25, 0.3) is 0 Å². The van der Waals surface area contributed by atoms with Gasteiger partial charge in [-0.05, 0) is 35.4 Å². The molecule has 0 saturated carbocycles. The number of halogens is 2. The minimum Gasteiger partial charge on any atom is -0.381 e. The Morgan fingerprint density at radius 3 is 2.77 bits per heavy atom. The Morgan fingerprint density at radius 1 is 1.09 bits per heavy atom. The Hall–Kier alpha value is -1.97. The van der Waals surface area contributed by atoms with Crippen molar-refractivity contribution in [2.45, 2.75) is 13.1 Å². The summed E-state index contributed by atoms with van der Waals surface area (Å²) in [5.74, 6) is 0. The van der Waals surface area contributed by atoms with Crippen molar-refractivity contribution in [1.29, 1.82) is 0 Å². The van der Waals surface area contributed by atoms with Gasteiger partial charge < -0.3 is 9.88 Å². The number of anilines is 1. The van der Waals surface area contributed by atoms with Gasteiger partial charge in [0.2, 0.25) is 0 Å². The van der Waals surface area contributed by atoms with Crippen molar-refractivity contribution in [2.75, 3.05) is 5.32 Å². The molecule has 1 aromatic heterocycles. The van der Waals surface area contributed by atoms with Gasteiger partial charge in [-0.25, -0.2) is 4.98 Å². The Balaban J connectivity index is 1.67. The minimum atomic E-state index is 0.649. The maximum Gasteiger partial charge on any atom is 0.0949 e. The molecular formula is C17H15Cl2N3. The van der Waals surface area contributed by atoms with Gasteiger partial charge in [-0.1, -0.05) is 41.4 Å². The summed E-state index contributed by atoms with van der Waals surface area (Å²) in [5, 5.41) is 4.71. The maximum atomic E-state index is 6.19. The zero-order valence-corrected chi connectivity index (χ0v) is 13.3. The molecule has 1 heterocycles. The van der Waals surface area contributed by atoms with E-state index in [4.69, 9.17) is 23.2 Å². The first-order chi connectivity index (χ1) is 10.7. The van der Waals surface area contributed by atoms with E-state index in [-0.39, 0.29) is 0 Å². The average molecular weight is 332 g/mol. The molecule has 1 N–H and O–H groups in total. The fraction of sp³-hybridized carbons (Fsp3) is 0.118. The van der Waals surface area contributed by atoms with Gasteiger partial charge in [-0.3, -0.25) is 0 Å². The lowest BCUT2D eigenvalue weighted by molar-refractivity contribution is 0.797. The van der Waals surface area contributed by atoms with Crippen LogP contribution in [-0.2, 0) is 13.1 Å². The predicted molar refractivity (Wildman–Crippen MR) is 91.6 cm³/mol. The van der Waals surface area contributed by atoms with E-state index >= 15 is 0 Å². The molecule has 0 bridgehead atoms. The Labute approximate surface area is 139 Å². The second-order valence-corrected chi connectivity index (χ2v) is 5.87. The number of hydrogen-bond donors (Lipinski definition) is 1. The largest absolute Gasteiger partial charge is 0.381 e. The molecule has 0 saturated heterocycles. The van der Waals surface area contributed by atoms with Gasteiger partial charge in [0.1, 0.15) is 0 Å². The van der Waals surface area contributed by atoms with Crippen LogP contribution in [0.15, 0.2) is 61.2 Å². The van der Waals surface area contributed by atoms with Crippen LogP contribution in [0.25, 0.3) is 0 Å². The van der Waals surface area contributed by atoms with E-state index in [0.29, 0.717) is 16.6 Å². The number of imidazole rings is 1. The zero-order chi connectivity index (χ0) is 15.4. The second-order valence-electron chi connectivity index (χ2n) is 5.02. The molecule has 112 valence electrons. The van der Waals surface area contributed by atoms with Gasteiger partial charge in [-0.15, -0.1) is 0 Å². The molecule has 3 nitrogen and oxygen atoms in total. The molecule has 0 radical (unpaired) electrons. The quantitative estimate of drug-likeness (QED) is 0.724. The molecule has 0 fully saturated rings. The van der Waals surface area contributed by atoms with Gasteiger partial charge in [-0.2, -0.15) is 0 Å². The highest BCUT2D eigenvalue weighted by Gasteiger charge is 2.02. The van der Waals surface area contributed by atoms with Crippen molar-refractivity contribution >= 4 is 28.9 Å². The topological polar surface area (TPSA) is 29.9 Å². The van der Waals surface area contributed by atoms with Gasteiger partial charge in [0.15, 0.2) is 0 Å². The van der Waals surface area contributed by atoms with Crippen LogP contribution < -0.4 is 5.32 Å². The third kappa shape index (κ3) is 3.81. The predicted octanol–water partition coefficient (Wildman–Crippen LogP) is 4.85. The third-order valence-electron chi connectivity index (χ3n) is 3.35. The van der Waals surface area contributed by atoms with Crippen molar-refractivity contribution in [3.8, 4) is 0 Å². The summed E-state index contributed by atoms with van der Waals surface area (Å²) < 4.78 is 2.04. The van der Waals surface area contributed by atoms with Crippen molar-refractivity contribution in [1.82, 2.24) is 9.55 Å². The first-order valence-electron chi connectivity index (χ1n) is 6.93. The number of rotatable bonds is 5. The number of aromatic nitrogens is 2. The van der Waals surface area contributed by atoms with Crippen LogP contribution in [0.4, 0.5) is 5.69 Å². The van der Waals surface area contributed by atoms with E-state index in [1.165, 1.54) is 5.56 Å². The van der Waals surface area contributed by atoms with Crippen molar-refractivity contribution < 1.29 is 0 Å². The third-order valence-corrected chi connectivity index (χ3v) is 3.94. The monoisotopic (exact) mass is 331 g/mol. The molecule has 2 aromatic carbocycles. The Morgan fingerprint density at radius 2 is 2.00 bits per heavy atom. The summed E-state index contributed by atoms with van der Waals surface area (Å²) in [5.41, 5.74) is 3.29. The Kier molecular flexibility index (Phi) is 4.66. The highest BCUT2D eigenvalue weighted by atomic mass is 35.5. The van der Waals surface area contributed by atoms with E-state index in [1.807, 2.05) is 41.4 Å². The fourth-order valence-electron chi connectivity index (χ4n) is 2.23.